The number of carbonyl (C=O) groups is 1. The van der Waals surface area contributed by atoms with E-state index in [2.05, 4.69) is 4.99 Å². The average molecular weight is 559 g/mol. The molecule has 2 heterocycles. The van der Waals surface area contributed by atoms with Crippen LogP contribution in [0.4, 0.5) is 0 Å². The van der Waals surface area contributed by atoms with E-state index in [1.54, 1.807) is 18.4 Å². The van der Waals surface area contributed by atoms with Gasteiger partial charge >= 0.3 is 5.97 Å². The van der Waals surface area contributed by atoms with Gasteiger partial charge in [0, 0.05) is 5.02 Å². The quantitative estimate of drug-likeness (QED) is 0.287. The van der Waals surface area contributed by atoms with Crippen LogP contribution in [0.25, 0.3) is 6.08 Å². The Morgan fingerprint density at radius 2 is 1.82 bits per heavy atom. The van der Waals surface area contributed by atoms with Crippen LogP contribution in [0.3, 0.4) is 0 Å². The van der Waals surface area contributed by atoms with Crippen LogP contribution in [0, 0.1) is 6.92 Å². The smallest absolute Gasteiger partial charge is 0.338 e. The number of fused-ring (bicyclic) bond motifs is 1. The number of esters is 1. The van der Waals surface area contributed by atoms with Gasteiger partial charge in [-0.3, -0.25) is 9.36 Å². The highest BCUT2D eigenvalue weighted by Crippen LogP contribution is 2.30. The van der Waals surface area contributed by atoms with Crippen LogP contribution in [0.2, 0.25) is 5.02 Å². The van der Waals surface area contributed by atoms with Crippen molar-refractivity contribution in [2.45, 2.75) is 33.4 Å². The van der Waals surface area contributed by atoms with Gasteiger partial charge in [-0.05, 0) is 67.8 Å². The van der Waals surface area contributed by atoms with Crippen molar-refractivity contribution in [3.05, 3.63) is 131 Å². The second-order valence-electron chi connectivity index (χ2n) is 9.20. The third-order valence-electron chi connectivity index (χ3n) is 6.38. The van der Waals surface area contributed by atoms with Crippen molar-refractivity contribution >= 4 is 35.0 Å². The van der Waals surface area contributed by atoms with E-state index in [9.17, 15) is 9.59 Å². The Hall–Kier alpha value is -3.94. The molecule has 39 heavy (non-hydrogen) atoms. The number of carbonyl (C=O) groups excluding carboxylic acids is 1. The van der Waals surface area contributed by atoms with Gasteiger partial charge in [-0.15, -0.1) is 0 Å². The van der Waals surface area contributed by atoms with Crippen LogP contribution in [0.15, 0.2) is 93.9 Å². The summed E-state index contributed by atoms with van der Waals surface area (Å²) < 4.78 is 13.4. The first kappa shape index (κ1) is 26.7. The fourth-order valence-electron chi connectivity index (χ4n) is 4.45. The molecule has 5 rings (SSSR count). The second-order valence-corrected chi connectivity index (χ2v) is 10.6. The maximum atomic E-state index is 13.8. The monoisotopic (exact) mass is 558 g/mol. The number of aryl methyl sites for hydroxylation is 1. The highest BCUT2D eigenvalue weighted by Gasteiger charge is 2.33. The molecule has 1 aromatic heterocycles. The molecule has 1 aliphatic heterocycles. The molecule has 0 radical (unpaired) electrons. The Morgan fingerprint density at radius 1 is 1.08 bits per heavy atom. The van der Waals surface area contributed by atoms with E-state index in [1.807, 2.05) is 85.8 Å². The van der Waals surface area contributed by atoms with E-state index in [-0.39, 0.29) is 12.2 Å². The summed E-state index contributed by atoms with van der Waals surface area (Å²) in [5, 5.41) is 0.677. The van der Waals surface area contributed by atoms with Crippen LogP contribution < -0.4 is 19.6 Å². The van der Waals surface area contributed by atoms with Crippen LogP contribution >= 0.6 is 22.9 Å². The van der Waals surface area contributed by atoms with Gasteiger partial charge in [0.25, 0.3) is 5.56 Å². The standard InChI is InChI=1S/C31H27ClN2O4S/c1-4-37-30(36)27-20(3)33-31-34(28(27)23-12-8-19(2)9-13-23)29(35)26(39-31)17-22-6-5-7-25(16-22)38-18-21-10-14-24(32)15-11-21/h5-17,28H,4,18H2,1-3H3/b26-17-/t28-/m0/s1. The third kappa shape index (κ3) is 5.75. The molecule has 0 saturated carbocycles. The van der Waals surface area contributed by atoms with Gasteiger partial charge in [0.05, 0.1) is 28.5 Å². The van der Waals surface area contributed by atoms with Crippen LogP contribution in [0.5, 0.6) is 5.75 Å². The number of allylic oxidation sites excluding steroid dienone is 1. The minimum Gasteiger partial charge on any atom is -0.489 e. The van der Waals surface area contributed by atoms with Crippen molar-refractivity contribution < 1.29 is 14.3 Å². The lowest BCUT2D eigenvalue weighted by Gasteiger charge is -2.24. The van der Waals surface area contributed by atoms with Crippen molar-refractivity contribution in [1.29, 1.82) is 0 Å². The van der Waals surface area contributed by atoms with E-state index in [0.29, 0.717) is 38.0 Å². The molecular formula is C31H27ClN2O4S. The summed E-state index contributed by atoms with van der Waals surface area (Å²) in [7, 11) is 0. The summed E-state index contributed by atoms with van der Waals surface area (Å²) in [6, 6.07) is 22.3. The highest BCUT2D eigenvalue weighted by molar-refractivity contribution is 7.07. The summed E-state index contributed by atoms with van der Waals surface area (Å²) in [4.78, 5) is 32.0. The van der Waals surface area contributed by atoms with Crippen molar-refractivity contribution in [1.82, 2.24) is 4.57 Å². The third-order valence-corrected chi connectivity index (χ3v) is 7.62. The van der Waals surface area contributed by atoms with E-state index in [0.717, 1.165) is 22.3 Å². The number of hydrogen-bond donors (Lipinski definition) is 0. The predicted octanol–water partition coefficient (Wildman–Crippen LogP) is 5.34. The molecule has 0 amide bonds. The van der Waals surface area contributed by atoms with Gasteiger partial charge in [0.1, 0.15) is 12.4 Å². The number of rotatable bonds is 7. The number of benzene rings is 3. The van der Waals surface area contributed by atoms with Gasteiger partial charge in [-0.25, -0.2) is 9.79 Å². The fourth-order valence-corrected chi connectivity index (χ4v) is 5.62. The minimum absolute atomic E-state index is 0.217. The molecule has 8 heteroatoms. The molecule has 4 aromatic rings. The molecule has 0 aliphatic carbocycles. The zero-order valence-corrected chi connectivity index (χ0v) is 23.4. The first-order valence-corrected chi connectivity index (χ1v) is 13.8. The Bertz CT molecular complexity index is 1740. The number of halogens is 1. The summed E-state index contributed by atoms with van der Waals surface area (Å²) in [6.45, 7) is 6.17. The lowest BCUT2D eigenvalue weighted by atomic mass is 9.95. The molecule has 0 spiro atoms. The van der Waals surface area contributed by atoms with Gasteiger partial charge in [0.2, 0.25) is 0 Å². The fraction of sp³-hybridized carbons (Fsp3) is 0.194. The summed E-state index contributed by atoms with van der Waals surface area (Å²) in [5.41, 5.74) is 4.43. The Labute approximate surface area is 235 Å². The predicted molar refractivity (Wildman–Crippen MR) is 154 cm³/mol. The van der Waals surface area contributed by atoms with E-state index in [4.69, 9.17) is 21.1 Å². The first-order valence-electron chi connectivity index (χ1n) is 12.6. The number of nitrogens with zero attached hydrogens (tertiary/aromatic N) is 2. The maximum absolute atomic E-state index is 13.8. The minimum atomic E-state index is -0.628. The van der Waals surface area contributed by atoms with Crippen LogP contribution in [0.1, 0.15) is 42.1 Å². The molecule has 6 nitrogen and oxygen atoms in total. The van der Waals surface area contributed by atoms with Crippen molar-refractivity contribution in [2.75, 3.05) is 6.61 Å². The Balaban J connectivity index is 1.53. The summed E-state index contributed by atoms with van der Waals surface area (Å²) in [6.07, 6.45) is 1.83. The molecule has 0 unspecified atom stereocenters. The van der Waals surface area contributed by atoms with Crippen molar-refractivity contribution in [2.24, 2.45) is 4.99 Å². The zero-order valence-electron chi connectivity index (χ0n) is 21.8. The van der Waals surface area contributed by atoms with Gasteiger partial charge in [-0.2, -0.15) is 0 Å². The van der Waals surface area contributed by atoms with E-state index < -0.39 is 12.0 Å². The van der Waals surface area contributed by atoms with Crippen molar-refractivity contribution in [3.63, 3.8) is 0 Å². The van der Waals surface area contributed by atoms with Gasteiger partial charge in [0.15, 0.2) is 4.80 Å². The number of aromatic nitrogens is 1. The molecule has 0 N–H and O–H groups in total. The first-order chi connectivity index (χ1) is 18.8. The SMILES string of the molecule is CCOC(=O)C1=C(C)N=c2s/c(=C\c3cccc(OCc4ccc(Cl)cc4)c3)c(=O)n2[C@H]1c1ccc(C)cc1. The highest BCUT2D eigenvalue weighted by atomic mass is 35.5. The van der Waals surface area contributed by atoms with Crippen LogP contribution in [-0.4, -0.2) is 17.1 Å². The number of ether oxygens (including phenoxy) is 2. The van der Waals surface area contributed by atoms with E-state index >= 15 is 0 Å². The maximum Gasteiger partial charge on any atom is 0.338 e. The summed E-state index contributed by atoms with van der Waals surface area (Å²) >= 11 is 7.26. The molecule has 198 valence electrons. The topological polar surface area (TPSA) is 69.9 Å². The molecule has 1 aliphatic rings. The average Bonchev–Trinajstić information content (AvgIpc) is 3.22. The molecule has 0 fully saturated rings. The zero-order chi connectivity index (χ0) is 27.5. The number of thiazole rings is 1. The normalized spacial score (nSPS) is 15.1. The Kier molecular flexibility index (Phi) is 7.82. The molecule has 0 bridgehead atoms. The second kappa shape index (κ2) is 11.4. The lowest BCUT2D eigenvalue weighted by molar-refractivity contribution is -0.139. The van der Waals surface area contributed by atoms with Gasteiger partial charge in [-0.1, -0.05) is 77.0 Å². The number of hydrogen-bond acceptors (Lipinski definition) is 6. The van der Waals surface area contributed by atoms with Crippen LogP contribution in [-0.2, 0) is 16.1 Å². The molecule has 1 atom stereocenters. The van der Waals surface area contributed by atoms with Gasteiger partial charge < -0.3 is 9.47 Å². The van der Waals surface area contributed by atoms with Crippen molar-refractivity contribution in [3.8, 4) is 5.75 Å². The lowest BCUT2D eigenvalue weighted by Crippen LogP contribution is -2.39. The largest absolute Gasteiger partial charge is 0.489 e. The molecular weight excluding hydrogens is 532 g/mol. The molecule has 3 aromatic carbocycles. The molecule has 0 saturated heterocycles. The van der Waals surface area contributed by atoms with E-state index in [1.165, 1.54) is 11.3 Å². The Morgan fingerprint density at radius 3 is 2.54 bits per heavy atom. The summed E-state index contributed by atoms with van der Waals surface area (Å²) in [5.74, 6) is 0.216.